The smallest absolute Gasteiger partial charge is 0.234 e. The molecule has 5 nitrogen and oxygen atoms in total. The molecular formula is C19H19IN4OS. The number of aryl methyl sites for hydroxylation is 3. The zero-order valence-electron chi connectivity index (χ0n) is 14.8. The first kappa shape index (κ1) is 18.9. The van der Waals surface area contributed by atoms with Gasteiger partial charge in [0.2, 0.25) is 5.91 Å². The molecule has 0 aliphatic carbocycles. The van der Waals surface area contributed by atoms with Gasteiger partial charge in [0.1, 0.15) is 5.82 Å². The third kappa shape index (κ3) is 4.27. The Kier molecular flexibility index (Phi) is 5.98. The van der Waals surface area contributed by atoms with Crippen molar-refractivity contribution in [1.29, 1.82) is 0 Å². The van der Waals surface area contributed by atoms with E-state index < -0.39 is 0 Å². The molecule has 0 aliphatic rings. The summed E-state index contributed by atoms with van der Waals surface area (Å²) in [4.78, 5) is 12.4. The van der Waals surface area contributed by atoms with Crippen LogP contribution in [-0.4, -0.2) is 26.4 Å². The summed E-state index contributed by atoms with van der Waals surface area (Å²) >= 11 is 3.64. The predicted octanol–water partition coefficient (Wildman–Crippen LogP) is 4.53. The molecule has 0 spiro atoms. The number of carbonyl (C=O) groups excluding carboxylic acids is 1. The van der Waals surface area contributed by atoms with Gasteiger partial charge in [-0.3, -0.25) is 9.36 Å². The second kappa shape index (κ2) is 8.22. The monoisotopic (exact) mass is 478 g/mol. The molecule has 1 aromatic heterocycles. The van der Waals surface area contributed by atoms with Gasteiger partial charge in [0.05, 0.1) is 11.4 Å². The second-order valence-corrected chi connectivity index (χ2v) is 8.14. The number of hydrogen-bond donors (Lipinski definition) is 1. The zero-order chi connectivity index (χ0) is 18.7. The zero-order valence-corrected chi connectivity index (χ0v) is 17.8. The lowest BCUT2D eigenvalue weighted by Gasteiger charge is -2.11. The van der Waals surface area contributed by atoms with Crippen LogP contribution < -0.4 is 5.32 Å². The molecule has 0 saturated heterocycles. The van der Waals surface area contributed by atoms with Crippen LogP contribution >= 0.6 is 34.4 Å². The number of nitrogens with zero attached hydrogens (tertiary/aromatic N) is 3. The topological polar surface area (TPSA) is 59.8 Å². The number of nitrogens with one attached hydrogen (secondary N) is 1. The van der Waals surface area contributed by atoms with Crippen LogP contribution in [0.5, 0.6) is 0 Å². The largest absolute Gasteiger partial charge is 0.325 e. The van der Waals surface area contributed by atoms with Crippen LogP contribution in [0, 0.1) is 24.3 Å². The molecule has 0 radical (unpaired) electrons. The first-order valence-electron chi connectivity index (χ1n) is 8.12. The summed E-state index contributed by atoms with van der Waals surface area (Å²) in [5.41, 5.74) is 4.06. The van der Waals surface area contributed by atoms with Gasteiger partial charge in [-0.15, -0.1) is 10.2 Å². The summed E-state index contributed by atoms with van der Waals surface area (Å²) < 4.78 is 3.14. The van der Waals surface area contributed by atoms with Crippen LogP contribution in [0.1, 0.15) is 17.0 Å². The number of halogens is 1. The summed E-state index contributed by atoms with van der Waals surface area (Å²) in [6, 6.07) is 14.0. The molecule has 1 heterocycles. The number of rotatable bonds is 5. The SMILES string of the molecule is Cc1cc(I)ccc1NC(=O)CSc1nnc(C)n1-c1ccccc1C. The minimum absolute atomic E-state index is 0.0590. The molecule has 1 amide bonds. The van der Waals surface area contributed by atoms with Gasteiger partial charge in [-0.1, -0.05) is 30.0 Å². The highest BCUT2D eigenvalue weighted by Crippen LogP contribution is 2.24. The van der Waals surface area contributed by atoms with Crippen molar-refractivity contribution < 1.29 is 4.79 Å². The molecule has 134 valence electrons. The third-order valence-electron chi connectivity index (χ3n) is 3.95. The van der Waals surface area contributed by atoms with E-state index in [0.717, 1.165) is 31.9 Å². The van der Waals surface area contributed by atoms with E-state index in [-0.39, 0.29) is 11.7 Å². The van der Waals surface area contributed by atoms with Gasteiger partial charge in [-0.2, -0.15) is 0 Å². The standard InChI is InChI=1S/C19H19IN4OS/c1-12-6-4-5-7-17(12)24-14(3)22-23-19(24)26-11-18(25)21-16-9-8-15(20)10-13(16)2/h4-10H,11H2,1-3H3,(H,21,25). The van der Waals surface area contributed by atoms with E-state index in [1.165, 1.54) is 11.8 Å². The van der Waals surface area contributed by atoms with Crippen molar-refractivity contribution in [3.05, 3.63) is 63.0 Å². The Hall–Kier alpha value is -1.87. The summed E-state index contributed by atoms with van der Waals surface area (Å²) in [5, 5.41) is 12.1. The first-order valence-corrected chi connectivity index (χ1v) is 10.2. The van der Waals surface area contributed by atoms with Gasteiger partial charge < -0.3 is 5.32 Å². The number of thioether (sulfide) groups is 1. The quantitative estimate of drug-likeness (QED) is 0.433. The fourth-order valence-corrected chi connectivity index (χ4v) is 4.05. The molecule has 26 heavy (non-hydrogen) atoms. The van der Waals surface area contributed by atoms with Crippen molar-refractivity contribution in [2.75, 3.05) is 11.1 Å². The van der Waals surface area contributed by atoms with Crippen molar-refractivity contribution >= 4 is 45.9 Å². The van der Waals surface area contributed by atoms with E-state index in [4.69, 9.17) is 0 Å². The molecule has 3 aromatic rings. The number of amides is 1. The minimum Gasteiger partial charge on any atom is -0.325 e. The van der Waals surface area contributed by atoms with Crippen molar-refractivity contribution in [1.82, 2.24) is 14.8 Å². The molecule has 2 aromatic carbocycles. The maximum atomic E-state index is 12.4. The lowest BCUT2D eigenvalue weighted by Crippen LogP contribution is -2.15. The van der Waals surface area contributed by atoms with Crippen molar-refractivity contribution in [3.8, 4) is 5.69 Å². The van der Waals surface area contributed by atoms with E-state index in [0.29, 0.717) is 5.16 Å². The number of hydrogen-bond acceptors (Lipinski definition) is 4. The highest BCUT2D eigenvalue weighted by atomic mass is 127. The van der Waals surface area contributed by atoms with E-state index >= 15 is 0 Å². The molecular weight excluding hydrogens is 459 g/mol. The van der Waals surface area contributed by atoms with Crippen LogP contribution in [0.3, 0.4) is 0 Å². The lowest BCUT2D eigenvalue weighted by atomic mass is 10.2. The average Bonchev–Trinajstić information content (AvgIpc) is 2.97. The highest BCUT2D eigenvalue weighted by Gasteiger charge is 2.15. The number of aromatic nitrogens is 3. The van der Waals surface area contributed by atoms with Gasteiger partial charge in [-0.05, 0) is 78.8 Å². The Morgan fingerprint density at radius 3 is 2.62 bits per heavy atom. The molecule has 0 atom stereocenters. The Morgan fingerprint density at radius 2 is 1.88 bits per heavy atom. The van der Waals surface area contributed by atoms with Crippen LogP contribution in [0.2, 0.25) is 0 Å². The van der Waals surface area contributed by atoms with Crippen molar-refractivity contribution in [2.45, 2.75) is 25.9 Å². The number of carbonyl (C=O) groups is 1. The fraction of sp³-hybridized carbons (Fsp3) is 0.211. The van der Waals surface area contributed by atoms with Crippen LogP contribution in [0.15, 0.2) is 47.6 Å². The first-order chi connectivity index (χ1) is 12.5. The average molecular weight is 478 g/mol. The van der Waals surface area contributed by atoms with Crippen LogP contribution in [0.4, 0.5) is 5.69 Å². The molecule has 3 rings (SSSR count). The summed E-state index contributed by atoms with van der Waals surface area (Å²) in [6.07, 6.45) is 0. The molecule has 0 unspecified atom stereocenters. The van der Waals surface area contributed by atoms with E-state index in [9.17, 15) is 4.79 Å². The van der Waals surface area contributed by atoms with Crippen LogP contribution in [0.25, 0.3) is 5.69 Å². The third-order valence-corrected chi connectivity index (χ3v) is 5.55. The summed E-state index contributed by atoms with van der Waals surface area (Å²) in [6.45, 7) is 5.96. The predicted molar refractivity (Wildman–Crippen MR) is 114 cm³/mol. The number of anilines is 1. The van der Waals surface area contributed by atoms with Gasteiger partial charge in [0.25, 0.3) is 0 Å². The Morgan fingerprint density at radius 1 is 1.12 bits per heavy atom. The van der Waals surface area contributed by atoms with Gasteiger partial charge in [-0.25, -0.2) is 0 Å². The molecule has 1 N–H and O–H groups in total. The Bertz CT molecular complexity index is 954. The highest BCUT2D eigenvalue weighted by molar-refractivity contribution is 14.1. The molecule has 0 fully saturated rings. The molecule has 0 bridgehead atoms. The van der Waals surface area contributed by atoms with Gasteiger partial charge in [0, 0.05) is 9.26 Å². The molecule has 0 saturated carbocycles. The van der Waals surface area contributed by atoms with E-state index in [2.05, 4.69) is 51.1 Å². The van der Waals surface area contributed by atoms with Gasteiger partial charge >= 0.3 is 0 Å². The van der Waals surface area contributed by atoms with Crippen LogP contribution in [-0.2, 0) is 4.79 Å². The van der Waals surface area contributed by atoms with Crippen molar-refractivity contribution in [3.63, 3.8) is 0 Å². The van der Waals surface area contributed by atoms with E-state index in [1.807, 2.05) is 54.8 Å². The summed E-state index contributed by atoms with van der Waals surface area (Å²) in [5.74, 6) is 1.02. The Labute approximate surface area is 170 Å². The normalized spacial score (nSPS) is 10.8. The fourth-order valence-electron chi connectivity index (χ4n) is 2.61. The Balaban J connectivity index is 1.73. The molecule has 7 heteroatoms. The number of para-hydroxylation sites is 1. The minimum atomic E-state index is -0.0590. The maximum absolute atomic E-state index is 12.4. The number of benzene rings is 2. The second-order valence-electron chi connectivity index (χ2n) is 5.95. The van der Waals surface area contributed by atoms with Crippen molar-refractivity contribution in [2.24, 2.45) is 0 Å². The van der Waals surface area contributed by atoms with Gasteiger partial charge in [0.15, 0.2) is 5.16 Å². The van der Waals surface area contributed by atoms with E-state index in [1.54, 1.807) is 0 Å². The maximum Gasteiger partial charge on any atom is 0.234 e. The lowest BCUT2D eigenvalue weighted by molar-refractivity contribution is -0.113. The molecule has 0 aliphatic heterocycles. The summed E-state index contributed by atoms with van der Waals surface area (Å²) in [7, 11) is 0.